The molecule has 0 saturated carbocycles. The lowest BCUT2D eigenvalue weighted by molar-refractivity contribution is 0.601. The fourth-order valence-corrected chi connectivity index (χ4v) is 3.29. The maximum Gasteiger partial charge on any atom is 0.275 e. The number of nitrogens with one attached hydrogen (secondary N) is 1. The van der Waals surface area contributed by atoms with Crippen LogP contribution in [0.15, 0.2) is 15.2 Å². The third-order valence-electron chi connectivity index (χ3n) is 2.33. The van der Waals surface area contributed by atoms with Gasteiger partial charge in [0.1, 0.15) is 5.52 Å². The van der Waals surface area contributed by atoms with E-state index in [-0.39, 0.29) is 21.3 Å². The summed E-state index contributed by atoms with van der Waals surface area (Å²) in [5, 5.41) is 0. The van der Waals surface area contributed by atoms with E-state index in [2.05, 4.69) is 9.97 Å². The van der Waals surface area contributed by atoms with Crippen molar-refractivity contribution in [1.82, 2.24) is 9.97 Å². The number of nitrogens with zero attached hydrogens (tertiary/aromatic N) is 1. The number of sulfone groups is 1. The first kappa shape index (κ1) is 12.3. The molecule has 2 aromatic rings. The second kappa shape index (κ2) is 3.92. The molecule has 17 heavy (non-hydrogen) atoms. The van der Waals surface area contributed by atoms with Gasteiger partial charge in [0.15, 0.2) is 0 Å². The van der Waals surface area contributed by atoms with Crippen molar-refractivity contribution >= 4 is 31.4 Å². The van der Waals surface area contributed by atoms with Crippen LogP contribution in [-0.4, -0.2) is 24.6 Å². The van der Waals surface area contributed by atoms with Gasteiger partial charge in [-0.05, 0) is 12.0 Å². The lowest BCUT2D eigenvalue weighted by atomic mass is 10.1. The van der Waals surface area contributed by atoms with Crippen LogP contribution in [0.5, 0.6) is 0 Å². The maximum atomic E-state index is 11.7. The first-order chi connectivity index (χ1) is 7.79. The number of pyridine rings is 1. The van der Waals surface area contributed by atoms with Crippen LogP contribution >= 0.6 is 11.3 Å². The van der Waals surface area contributed by atoms with Gasteiger partial charge in [0.05, 0.1) is 4.70 Å². The number of hydrogen-bond donors (Lipinski definition) is 1. The van der Waals surface area contributed by atoms with Crippen LogP contribution in [0.1, 0.15) is 25.5 Å². The van der Waals surface area contributed by atoms with Gasteiger partial charge < -0.3 is 4.98 Å². The summed E-state index contributed by atoms with van der Waals surface area (Å²) in [5.41, 5.74) is 0.642. The van der Waals surface area contributed by atoms with Crippen molar-refractivity contribution in [3.63, 3.8) is 0 Å². The van der Waals surface area contributed by atoms with Crippen LogP contribution < -0.4 is 5.56 Å². The SMILES string of the molecule is CC(C)c1cc2sc(S(C)(=O)=O)nc2c(=O)[nH]1. The summed E-state index contributed by atoms with van der Waals surface area (Å²) in [6.45, 7) is 3.91. The number of H-pyrrole nitrogens is 1. The molecule has 0 atom stereocenters. The van der Waals surface area contributed by atoms with Crippen molar-refractivity contribution in [2.24, 2.45) is 0 Å². The van der Waals surface area contributed by atoms with E-state index >= 15 is 0 Å². The summed E-state index contributed by atoms with van der Waals surface area (Å²) < 4.78 is 23.3. The lowest BCUT2D eigenvalue weighted by Crippen LogP contribution is -2.10. The van der Waals surface area contributed by atoms with E-state index in [1.807, 2.05) is 13.8 Å². The van der Waals surface area contributed by atoms with Gasteiger partial charge >= 0.3 is 0 Å². The fourth-order valence-electron chi connectivity index (χ4n) is 1.41. The second-order valence-corrected chi connectivity index (χ2v) is 7.39. The molecule has 2 heterocycles. The molecule has 0 unspecified atom stereocenters. The van der Waals surface area contributed by atoms with E-state index in [9.17, 15) is 13.2 Å². The minimum atomic E-state index is -3.36. The predicted octanol–water partition coefficient (Wildman–Crippen LogP) is 1.51. The maximum absolute atomic E-state index is 11.7. The monoisotopic (exact) mass is 272 g/mol. The number of hydrogen-bond acceptors (Lipinski definition) is 5. The summed E-state index contributed by atoms with van der Waals surface area (Å²) in [6.07, 6.45) is 1.09. The average Bonchev–Trinajstić information content (AvgIpc) is 2.60. The molecule has 2 rings (SSSR count). The van der Waals surface area contributed by atoms with Gasteiger partial charge in [-0.15, -0.1) is 11.3 Å². The Labute approximate surface area is 102 Å². The Morgan fingerprint density at radius 3 is 2.59 bits per heavy atom. The Bertz CT molecular complexity index is 726. The molecule has 1 N–H and O–H groups in total. The van der Waals surface area contributed by atoms with Gasteiger partial charge in [-0.2, -0.15) is 0 Å². The third-order valence-corrected chi connectivity index (χ3v) is 5.01. The molecular weight excluding hydrogens is 260 g/mol. The van der Waals surface area contributed by atoms with Gasteiger partial charge in [0.25, 0.3) is 5.56 Å². The lowest BCUT2D eigenvalue weighted by Gasteiger charge is -2.03. The summed E-state index contributed by atoms with van der Waals surface area (Å²) in [7, 11) is -3.36. The Balaban J connectivity index is 2.78. The molecule has 0 radical (unpaired) electrons. The number of rotatable bonds is 2. The van der Waals surface area contributed by atoms with Crippen LogP contribution in [0, 0.1) is 0 Å². The molecule has 0 fully saturated rings. The normalized spacial score (nSPS) is 12.5. The van der Waals surface area contributed by atoms with E-state index < -0.39 is 9.84 Å². The van der Waals surface area contributed by atoms with E-state index in [4.69, 9.17) is 0 Å². The van der Waals surface area contributed by atoms with E-state index in [1.165, 1.54) is 0 Å². The molecule has 0 aliphatic heterocycles. The van der Waals surface area contributed by atoms with Gasteiger partial charge in [-0.25, -0.2) is 13.4 Å². The topological polar surface area (TPSA) is 79.9 Å². The number of aromatic amines is 1. The molecule has 0 bridgehead atoms. The molecule has 0 aliphatic rings. The molecular formula is C10H12N2O3S2. The van der Waals surface area contributed by atoms with Gasteiger partial charge in [0.2, 0.25) is 14.2 Å². The van der Waals surface area contributed by atoms with Crippen LogP contribution in [0.3, 0.4) is 0 Å². The van der Waals surface area contributed by atoms with Gasteiger partial charge in [0, 0.05) is 11.9 Å². The predicted molar refractivity (Wildman–Crippen MR) is 67.4 cm³/mol. The highest BCUT2D eigenvalue weighted by Gasteiger charge is 2.16. The largest absolute Gasteiger partial charge is 0.324 e. The minimum absolute atomic E-state index is 0.0149. The molecule has 0 spiro atoms. The quantitative estimate of drug-likeness (QED) is 0.898. The van der Waals surface area contributed by atoms with Crippen LogP contribution in [0.4, 0.5) is 0 Å². The molecule has 2 aromatic heterocycles. The fraction of sp³-hybridized carbons (Fsp3) is 0.400. The first-order valence-corrected chi connectivity index (χ1v) is 7.73. The molecule has 0 aromatic carbocycles. The summed E-state index contributed by atoms with van der Waals surface area (Å²) in [6, 6.07) is 1.79. The van der Waals surface area contributed by atoms with E-state index in [1.54, 1.807) is 6.07 Å². The average molecular weight is 272 g/mol. The molecule has 0 saturated heterocycles. The zero-order valence-electron chi connectivity index (χ0n) is 9.64. The first-order valence-electron chi connectivity index (χ1n) is 5.03. The Kier molecular flexibility index (Phi) is 2.82. The van der Waals surface area contributed by atoms with Crippen LogP contribution in [0.2, 0.25) is 0 Å². The van der Waals surface area contributed by atoms with Crippen molar-refractivity contribution < 1.29 is 8.42 Å². The Hall–Kier alpha value is -1.21. The zero-order valence-corrected chi connectivity index (χ0v) is 11.3. The zero-order chi connectivity index (χ0) is 12.8. The standard InChI is InChI=1S/C10H12N2O3S2/c1-5(2)6-4-7-8(9(13)11-6)12-10(16-7)17(3,14)15/h4-5H,1-3H3,(H,11,13). The number of fused-ring (bicyclic) bond motifs is 1. The molecule has 92 valence electrons. The number of aromatic nitrogens is 2. The van der Waals surface area contributed by atoms with Crippen LogP contribution in [-0.2, 0) is 9.84 Å². The van der Waals surface area contributed by atoms with Crippen molar-refractivity contribution in [3.8, 4) is 0 Å². The minimum Gasteiger partial charge on any atom is -0.324 e. The van der Waals surface area contributed by atoms with Crippen molar-refractivity contribution in [1.29, 1.82) is 0 Å². The highest BCUT2D eigenvalue weighted by molar-refractivity contribution is 7.92. The van der Waals surface area contributed by atoms with Crippen molar-refractivity contribution in [2.45, 2.75) is 24.1 Å². The third kappa shape index (κ3) is 2.25. The molecule has 5 nitrogen and oxygen atoms in total. The Morgan fingerprint density at radius 1 is 1.41 bits per heavy atom. The van der Waals surface area contributed by atoms with E-state index in [0.29, 0.717) is 4.70 Å². The highest BCUT2D eigenvalue weighted by atomic mass is 32.2. The summed E-state index contributed by atoms with van der Waals surface area (Å²) >= 11 is 1.03. The summed E-state index contributed by atoms with van der Waals surface area (Å²) in [5.74, 6) is 0.177. The second-order valence-electron chi connectivity index (χ2n) is 4.17. The number of thiazole rings is 1. The van der Waals surface area contributed by atoms with Crippen molar-refractivity contribution in [3.05, 3.63) is 22.1 Å². The van der Waals surface area contributed by atoms with Gasteiger partial charge in [-0.1, -0.05) is 13.8 Å². The smallest absolute Gasteiger partial charge is 0.275 e. The Morgan fingerprint density at radius 2 is 2.06 bits per heavy atom. The highest BCUT2D eigenvalue weighted by Crippen LogP contribution is 2.25. The molecule has 0 aliphatic carbocycles. The van der Waals surface area contributed by atoms with Crippen molar-refractivity contribution in [2.75, 3.05) is 6.26 Å². The van der Waals surface area contributed by atoms with Crippen LogP contribution in [0.25, 0.3) is 10.2 Å². The molecule has 7 heteroatoms. The van der Waals surface area contributed by atoms with E-state index in [0.717, 1.165) is 23.3 Å². The molecule has 0 amide bonds. The summed E-state index contributed by atoms with van der Waals surface area (Å²) in [4.78, 5) is 18.3. The van der Waals surface area contributed by atoms with Gasteiger partial charge in [-0.3, -0.25) is 4.79 Å².